The van der Waals surface area contributed by atoms with E-state index in [1.54, 1.807) is 9.90 Å². The second-order valence-corrected chi connectivity index (χ2v) is 6.30. The first-order valence-corrected chi connectivity index (χ1v) is 7.46. The zero-order chi connectivity index (χ0) is 14.1. The van der Waals surface area contributed by atoms with E-state index >= 15 is 0 Å². The molecule has 3 heterocycles. The van der Waals surface area contributed by atoms with E-state index in [1.807, 2.05) is 19.1 Å². The van der Waals surface area contributed by atoms with Crippen LogP contribution >= 0.6 is 23.1 Å². The normalized spacial score (nSPS) is 11.1. The van der Waals surface area contributed by atoms with Crippen LogP contribution in [-0.2, 0) is 11.2 Å². The number of rotatable bonds is 4. The Labute approximate surface area is 122 Å². The fraction of sp³-hybridized carbons (Fsp3) is 0.167. The molecule has 0 saturated carbocycles. The van der Waals surface area contributed by atoms with Gasteiger partial charge in [0.1, 0.15) is 11.4 Å². The van der Waals surface area contributed by atoms with Gasteiger partial charge in [-0.1, -0.05) is 0 Å². The monoisotopic (exact) mass is 306 g/mol. The van der Waals surface area contributed by atoms with Gasteiger partial charge in [0, 0.05) is 5.38 Å². The number of hydrogen-bond donors (Lipinski definition) is 1. The van der Waals surface area contributed by atoms with Crippen molar-refractivity contribution in [3.8, 4) is 0 Å². The molecule has 0 aliphatic carbocycles. The molecule has 0 amide bonds. The second kappa shape index (κ2) is 5.22. The molecule has 0 fully saturated rings. The summed E-state index contributed by atoms with van der Waals surface area (Å²) in [5.41, 5.74) is 2.46. The number of carbonyl (C=O) groups is 1. The Hall–Kier alpha value is -1.93. The lowest BCUT2D eigenvalue weighted by Crippen LogP contribution is -1.99. The van der Waals surface area contributed by atoms with E-state index in [2.05, 4.69) is 15.1 Å². The molecule has 3 aromatic heterocycles. The van der Waals surface area contributed by atoms with Crippen molar-refractivity contribution in [1.29, 1.82) is 0 Å². The summed E-state index contributed by atoms with van der Waals surface area (Å²) in [7, 11) is 0. The third-order valence-corrected chi connectivity index (χ3v) is 4.53. The van der Waals surface area contributed by atoms with Gasteiger partial charge < -0.3 is 5.11 Å². The van der Waals surface area contributed by atoms with Crippen LogP contribution in [0.15, 0.2) is 33.2 Å². The summed E-state index contributed by atoms with van der Waals surface area (Å²) in [5.74, 6) is -0.874. The summed E-state index contributed by atoms with van der Waals surface area (Å²) in [5, 5.41) is 15.6. The van der Waals surface area contributed by atoms with Crippen molar-refractivity contribution in [2.45, 2.75) is 22.7 Å². The molecule has 0 aliphatic rings. The molecule has 0 bridgehead atoms. The zero-order valence-electron chi connectivity index (χ0n) is 10.5. The number of aryl methyl sites for hydroxylation is 1. The maximum Gasteiger partial charge on any atom is 0.309 e. The predicted molar refractivity (Wildman–Crippen MR) is 75.3 cm³/mol. The highest BCUT2D eigenvalue weighted by atomic mass is 32.2. The molecule has 0 saturated heterocycles. The molecule has 8 heteroatoms. The molecule has 0 aromatic carbocycles. The Morgan fingerprint density at radius 2 is 2.35 bits per heavy atom. The summed E-state index contributed by atoms with van der Waals surface area (Å²) >= 11 is 2.89. The molecule has 0 spiro atoms. The lowest BCUT2D eigenvalue weighted by atomic mass is 10.3. The molecule has 20 heavy (non-hydrogen) atoms. The Morgan fingerprint density at radius 3 is 3.15 bits per heavy atom. The molecule has 0 unspecified atom stereocenters. The van der Waals surface area contributed by atoms with Gasteiger partial charge in [0.25, 0.3) is 0 Å². The first-order valence-electron chi connectivity index (χ1n) is 5.76. The van der Waals surface area contributed by atoms with Gasteiger partial charge in [-0.15, -0.1) is 11.3 Å². The van der Waals surface area contributed by atoms with Crippen LogP contribution in [0.25, 0.3) is 5.65 Å². The van der Waals surface area contributed by atoms with Gasteiger partial charge in [-0.2, -0.15) is 5.10 Å². The molecule has 0 atom stereocenters. The van der Waals surface area contributed by atoms with E-state index in [4.69, 9.17) is 5.11 Å². The highest BCUT2D eigenvalue weighted by Crippen LogP contribution is 2.31. The van der Waals surface area contributed by atoms with Crippen LogP contribution in [0.4, 0.5) is 0 Å². The number of carboxylic acids is 1. The lowest BCUT2D eigenvalue weighted by Gasteiger charge is -2.03. The summed E-state index contributed by atoms with van der Waals surface area (Å²) in [4.78, 5) is 19.1. The number of thiazole rings is 1. The first-order chi connectivity index (χ1) is 9.61. The standard InChI is InChI=1S/C12H10N4O2S2/c1-7-2-9-13-6-14-16(9)10(3-7)20-12-15-8(5-19-12)4-11(17)18/h2-3,5-6H,4H2,1H3,(H,17,18). The molecule has 3 aromatic rings. The van der Waals surface area contributed by atoms with Crippen molar-refractivity contribution < 1.29 is 9.90 Å². The van der Waals surface area contributed by atoms with Crippen molar-refractivity contribution >= 4 is 34.7 Å². The minimum Gasteiger partial charge on any atom is -0.481 e. The van der Waals surface area contributed by atoms with E-state index in [0.717, 1.165) is 20.6 Å². The van der Waals surface area contributed by atoms with Gasteiger partial charge in [0.05, 0.1) is 12.1 Å². The zero-order valence-corrected chi connectivity index (χ0v) is 12.1. The van der Waals surface area contributed by atoms with Crippen LogP contribution < -0.4 is 0 Å². The minimum absolute atomic E-state index is 0.0520. The summed E-state index contributed by atoms with van der Waals surface area (Å²) < 4.78 is 2.54. The van der Waals surface area contributed by atoms with E-state index in [-0.39, 0.29) is 6.42 Å². The van der Waals surface area contributed by atoms with Crippen molar-refractivity contribution in [2.75, 3.05) is 0 Å². The maximum absolute atomic E-state index is 10.7. The number of fused-ring (bicyclic) bond motifs is 1. The Morgan fingerprint density at radius 1 is 1.50 bits per heavy atom. The Bertz CT molecular complexity index is 781. The van der Waals surface area contributed by atoms with Crippen LogP contribution in [0.3, 0.4) is 0 Å². The van der Waals surface area contributed by atoms with Crippen molar-refractivity contribution in [1.82, 2.24) is 19.6 Å². The van der Waals surface area contributed by atoms with Gasteiger partial charge in [0.15, 0.2) is 9.99 Å². The van der Waals surface area contributed by atoms with Crippen molar-refractivity contribution in [2.24, 2.45) is 0 Å². The molecule has 0 radical (unpaired) electrons. The highest BCUT2D eigenvalue weighted by Gasteiger charge is 2.10. The SMILES string of the molecule is Cc1cc(Sc2nc(CC(=O)O)cs2)n2ncnc2c1. The molecule has 0 aliphatic heterocycles. The highest BCUT2D eigenvalue weighted by molar-refractivity contribution is 8.01. The fourth-order valence-electron chi connectivity index (χ4n) is 1.75. The largest absolute Gasteiger partial charge is 0.481 e. The van der Waals surface area contributed by atoms with Gasteiger partial charge in [-0.3, -0.25) is 4.79 Å². The second-order valence-electron chi connectivity index (χ2n) is 4.18. The lowest BCUT2D eigenvalue weighted by molar-refractivity contribution is -0.136. The Balaban J connectivity index is 1.91. The van der Waals surface area contributed by atoms with Gasteiger partial charge >= 0.3 is 5.97 Å². The van der Waals surface area contributed by atoms with Crippen LogP contribution in [0, 0.1) is 6.92 Å². The number of hydrogen-bond acceptors (Lipinski definition) is 6. The number of nitrogens with zero attached hydrogens (tertiary/aromatic N) is 4. The summed E-state index contributed by atoms with van der Waals surface area (Å²) in [6, 6.07) is 3.96. The number of carboxylic acid groups (broad SMARTS) is 1. The van der Waals surface area contributed by atoms with E-state index in [9.17, 15) is 4.79 Å². The predicted octanol–water partition coefficient (Wildman–Crippen LogP) is 2.27. The minimum atomic E-state index is -0.874. The molecule has 1 N–H and O–H groups in total. The van der Waals surface area contributed by atoms with Crippen LogP contribution in [0.1, 0.15) is 11.3 Å². The maximum atomic E-state index is 10.7. The fourth-order valence-corrected chi connectivity index (χ4v) is 3.70. The van der Waals surface area contributed by atoms with Crippen LogP contribution in [0.5, 0.6) is 0 Å². The number of aromatic nitrogens is 4. The average molecular weight is 306 g/mol. The molecular weight excluding hydrogens is 296 g/mol. The van der Waals surface area contributed by atoms with Gasteiger partial charge in [-0.25, -0.2) is 14.5 Å². The van der Waals surface area contributed by atoms with E-state index in [0.29, 0.717) is 5.69 Å². The third-order valence-electron chi connectivity index (χ3n) is 2.55. The topological polar surface area (TPSA) is 80.4 Å². The smallest absolute Gasteiger partial charge is 0.309 e. The van der Waals surface area contributed by atoms with E-state index < -0.39 is 5.97 Å². The van der Waals surface area contributed by atoms with Crippen LogP contribution in [0.2, 0.25) is 0 Å². The van der Waals surface area contributed by atoms with Crippen molar-refractivity contribution in [3.63, 3.8) is 0 Å². The first kappa shape index (κ1) is 13.1. The van der Waals surface area contributed by atoms with Gasteiger partial charge in [-0.05, 0) is 36.4 Å². The summed E-state index contributed by atoms with van der Waals surface area (Å²) in [6.07, 6.45) is 1.46. The van der Waals surface area contributed by atoms with Crippen molar-refractivity contribution in [3.05, 3.63) is 35.1 Å². The number of aliphatic carboxylic acids is 1. The molecule has 6 nitrogen and oxygen atoms in total. The molecule has 3 rings (SSSR count). The van der Waals surface area contributed by atoms with Gasteiger partial charge in [0.2, 0.25) is 0 Å². The summed E-state index contributed by atoms with van der Waals surface area (Å²) in [6.45, 7) is 2.00. The average Bonchev–Trinajstić information content (AvgIpc) is 2.97. The van der Waals surface area contributed by atoms with Crippen LogP contribution in [-0.4, -0.2) is 30.7 Å². The number of pyridine rings is 1. The van der Waals surface area contributed by atoms with E-state index in [1.165, 1.54) is 29.4 Å². The molecular formula is C12H10N4O2S2. The Kier molecular flexibility index (Phi) is 3.41. The quantitative estimate of drug-likeness (QED) is 0.796. The third kappa shape index (κ3) is 2.66. The molecule has 102 valence electrons.